The molecule has 2 amide bonds. The first-order chi connectivity index (χ1) is 14.8. The van der Waals surface area contributed by atoms with Gasteiger partial charge in [-0.2, -0.15) is 0 Å². The molecule has 1 aromatic carbocycles. The number of halogens is 1. The second-order valence-corrected chi connectivity index (χ2v) is 8.63. The summed E-state index contributed by atoms with van der Waals surface area (Å²) < 4.78 is 14.4. The molecule has 1 unspecified atom stereocenters. The Hall–Kier alpha value is -2.70. The summed E-state index contributed by atoms with van der Waals surface area (Å²) in [4.78, 5) is 26.1. The summed E-state index contributed by atoms with van der Waals surface area (Å²) in [5.74, 6) is 1.73. The van der Waals surface area contributed by atoms with Crippen LogP contribution in [-0.2, 0) is 6.42 Å². The molecule has 168 valence electrons. The van der Waals surface area contributed by atoms with Crippen LogP contribution in [0.1, 0.15) is 62.7 Å². The van der Waals surface area contributed by atoms with E-state index in [4.69, 9.17) is 9.97 Å². The molecule has 1 atom stereocenters. The van der Waals surface area contributed by atoms with Crippen molar-refractivity contribution < 1.29 is 9.18 Å². The molecule has 0 bridgehead atoms. The fraction of sp³-hybridized carbons (Fsp3) is 0.542. The Morgan fingerprint density at radius 1 is 1.13 bits per heavy atom. The van der Waals surface area contributed by atoms with Gasteiger partial charge in [-0.1, -0.05) is 32.0 Å². The number of nitrogens with one attached hydrogen (secondary N) is 1. The molecule has 0 aliphatic carbocycles. The number of carbonyl (C=O) groups excluding carboxylic acids is 1. The number of benzene rings is 1. The second-order valence-electron chi connectivity index (χ2n) is 8.63. The molecular formula is C24H34FN5O. The summed E-state index contributed by atoms with van der Waals surface area (Å²) in [6.45, 7) is 12.8. The van der Waals surface area contributed by atoms with E-state index in [0.29, 0.717) is 38.2 Å². The van der Waals surface area contributed by atoms with Gasteiger partial charge in [0, 0.05) is 55.8 Å². The first-order valence-corrected chi connectivity index (χ1v) is 11.2. The van der Waals surface area contributed by atoms with E-state index in [1.54, 1.807) is 6.07 Å². The molecule has 0 radical (unpaired) electrons. The molecule has 2 aromatic rings. The maximum absolute atomic E-state index is 14.4. The van der Waals surface area contributed by atoms with Crippen LogP contribution < -0.4 is 10.2 Å². The lowest BCUT2D eigenvalue weighted by atomic mass is 10.0. The van der Waals surface area contributed by atoms with E-state index in [1.807, 2.05) is 37.8 Å². The smallest absolute Gasteiger partial charge is 0.317 e. The van der Waals surface area contributed by atoms with E-state index in [-0.39, 0.29) is 23.8 Å². The van der Waals surface area contributed by atoms with Gasteiger partial charge in [-0.15, -0.1) is 0 Å². The number of aryl methyl sites for hydroxylation is 1. The molecule has 1 aromatic heterocycles. The molecule has 1 aliphatic heterocycles. The summed E-state index contributed by atoms with van der Waals surface area (Å²) in [5.41, 5.74) is 2.49. The summed E-state index contributed by atoms with van der Waals surface area (Å²) in [6, 6.07) is 6.95. The van der Waals surface area contributed by atoms with Crippen LogP contribution in [0.4, 0.5) is 15.0 Å². The highest BCUT2D eigenvalue weighted by Gasteiger charge is 2.26. The number of piperazine rings is 1. The number of nitrogens with zero attached hydrogens (tertiary/aromatic N) is 4. The van der Waals surface area contributed by atoms with E-state index in [1.165, 1.54) is 6.07 Å². The van der Waals surface area contributed by atoms with E-state index in [9.17, 15) is 9.18 Å². The van der Waals surface area contributed by atoms with E-state index < -0.39 is 0 Å². The Labute approximate surface area is 184 Å². The van der Waals surface area contributed by atoms with Crippen molar-refractivity contribution in [2.24, 2.45) is 0 Å². The minimum atomic E-state index is -0.214. The van der Waals surface area contributed by atoms with Crippen LogP contribution in [0.3, 0.4) is 0 Å². The van der Waals surface area contributed by atoms with Crippen LogP contribution in [0.2, 0.25) is 0 Å². The lowest BCUT2D eigenvalue weighted by Crippen LogP contribution is -2.53. The number of rotatable bonds is 6. The van der Waals surface area contributed by atoms with Gasteiger partial charge in [0.05, 0.1) is 0 Å². The number of anilines is 1. The average molecular weight is 428 g/mol. The molecular weight excluding hydrogens is 393 g/mol. The maximum Gasteiger partial charge on any atom is 0.317 e. The Morgan fingerprint density at radius 2 is 1.81 bits per heavy atom. The fourth-order valence-electron chi connectivity index (χ4n) is 3.77. The molecule has 2 heterocycles. The van der Waals surface area contributed by atoms with Gasteiger partial charge in [-0.05, 0) is 38.8 Å². The third kappa shape index (κ3) is 5.51. The van der Waals surface area contributed by atoms with E-state index >= 15 is 0 Å². The van der Waals surface area contributed by atoms with Crippen LogP contribution in [0.15, 0.2) is 24.3 Å². The molecule has 0 spiro atoms. The summed E-state index contributed by atoms with van der Waals surface area (Å²) in [5, 5.41) is 2.96. The Bertz CT molecular complexity index is 909. The van der Waals surface area contributed by atoms with Crippen molar-refractivity contribution in [3.63, 3.8) is 0 Å². The van der Waals surface area contributed by atoms with E-state index in [2.05, 4.69) is 24.1 Å². The summed E-state index contributed by atoms with van der Waals surface area (Å²) in [7, 11) is 0. The normalized spacial score (nSPS) is 15.3. The van der Waals surface area contributed by atoms with Gasteiger partial charge in [0.2, 0.25) is 0 Å². The number of urea groups is 1. The van der Waals surface area contributed by atoms with Crippen molar-refractivity contribution in [1.29, 1.82) is 0 Å². The first-order valence-electron chi connectivity index (χ1n) is 11.2. The summed E-state index contributed by atoms with van der Waals surface area (Å²) in [6.07, 6.45) is 1.40. The Kier molecular flexibility index (Phi) is 7.46. The van der Waals surface area contributed by atoms with Crippen molar-refractivity contribution in [3.05, 3.63) is 52.7 Å². The summed E-state index contributed by atoms with van der Waals surface area (Å²) >= 11 is 0. The molecule has 31 heavy (non-hydrogen) atoms. The highest BCUT2D eigenvalue weighted by molar-refractivity contribution is 5.74. The van der Waals surface area contributed by atoms with Crippen molar-refractivity contribution in [3.8, 4) is 0 Å². The van der Waals surface area contributed by atoms with Gasteiger partial charge in [-0.25, -0.2) is 19.2 Å². The number of carbonyl (C=O) groups is 1. The molecule has 0 saturated carbocycles. The van der Waals surface area contributed by atoms with Crippen molar-refractivity contribution in [1.82, 2.24) is 20.2 Å². The van der Waals surface area contributed by atoms with Gasteiger partial charge < -0.3 is 15.1 Å². The quantitative estimate of drug-likeness (QED) is 0.748. The minimum Gasteiger partial charge on any atom is -0.353 e. The highest BCUT2D eigenvalue weighted by atomic mass is 19.1. The fourth-order valence-corrected chi connectivity index (χ4v) is 3.77. The van der Waals surface area contributed by atoms with Crippen molar-refractivity contribution in [2.45, 2.75) is 59.4 Å². The molecule has 1 N–H and O–H groups in total. The van der Waals surface area contributed by atoms with Gasteiger partial charge in [-0.3, -0.25) is 0 Å². The SMILES string of the molecule is CCC(C)c1nc(C)c(Cc2ccccc2F)c(N2CCN(C(=O)NC(C)C)CC2)n1. The monoisotopic (exact) mass is 427 g/mol. The number of amides is 2. The largest absolute Gasteiger partial charge is 0.353 e. The van der Waals surface area contributed by atoms with Crippen LogP contribution in [-0.4, -0.2) is 53.1 Å². The van der Waals surface area contributed by atoms with Gasteiger partial charge in [0.15, 0.2) is 0 Å². The lowest BCUT2D eigenvalue weighted by molar-refractivity contribution is 0.191. The standard InChI is InChI=1S/C24H34FN5O/c1-6-17(4)22-27-18(5)20(15-19-9-7-8-10-21(19)25)23(28-22)29-11-13-30(14-12-29)24(31)26-16(2)3/h7-10,16-17H,6,11-15H2,1-5H3,(H,26,31). The predicted molar refractivity (Wildman–Crippen MR) is 122 cm³/mol. The number of aromatic nitrogens is 2. The highest BCUT2D eigenvalue weighted by Crippen LogP contribution is 2.28. The van der Waals surface area contributed by atoms with Gasteiger partial charge in [0.1, 0.15) is 17.5 Å². The molecule has 1 fully saturated rings. The van der Waals surface area contributed by atoms with Crippen LogP contribution in [0.5, 0.6) is 0 Å². The molecule has 6 nitrogen and oxygen atoms in total. The third-order valence-electron chi connectivity index (χ3n) is 5.87. The van der Waals surface area contributed by atoms with Crippen LogP contribution >= 0.6 is 0 Å². The Balaban J connectivity index is 1.89. The number of hydrogen-bond acceptors (Lipinski definition) is 4. The first kappa shape index (κ1) is 23.0. The molecule has 1 aliphatic rings. The lowest BCUT2D eigenvalue weighted by Gasteiger charge is -2.37. The molecule has 1 saturated heterocycles. The predicted octanol–water partition coefficient (Wildman–Crippen LogP) is 4.27. The number of hydrogen-bond donors (Lipinski definition) is 1. The Morgan fingerprint density at radius 3 is 2.42 bits per heavy atom. The zero-order valence-corrected chi connectivity index (χ0v) is 19.3. The molecule has 7 heteroatoms. The zero-order chi connectivity index (χ0) is 22.5. The maximum atomic E-state index is 14.4. The van der Waals surface area contributed by atoms with Gasteiger partial charge in [0.25, 0.3) is 0 Å². The minimum absolute atomic E-state index is 0.0274. The van der Waals surface area contributed by atoms with Crippen LogP contribution in [0, 0.1) is 12.7 Å². The van der Waals surface area contributed by atoms with Crippen molar-refractivity contribution in [2.75, 3.05) is 31.1 Å². The third-order valence-corrected chi connectivity index (χ3v) is 5.87. The van der Waals surface area contributed by atoms with Crippen LogP contribution in [0.25, 0.3) is 0 Å². The second kappa shape index (κ2) is 10.1. The van der Waals surface area contributed by atoms with Gasteiger partial charge >= 0.3 is 6.03 Å². The topological polar surface area (TPSA) is 61.4 Å². The van der Waals surface area contributed by atoms with Crippen molar-refractivity contribution >= 4 is 11.8 Å². The zero-order valence-electron chi connectivity index (χ0n) is 19.3. The average Bonchev–Trinajstić information content (AvgIpc) is 2.75. The molecule has 3 rings (SSSR count). The van der Waals surface area contributed by atoms with E-state index in [0.717, 1.165) is 29.3 Å².